The van der Waals surface area contributed by atoms with Gasteiger partial charge in [0.05, 0.1) is 0 Å². The van der Waals surface area contributed by atoms with Crippen molar-refractivity contribution in [1.29, 1.82) is 0 Å². The fourth-order valence-corrected chi connectivity index (χ4v) is 2.63. The van der Waals surface area contributed by atoms with E-state index in [0.29, 0.717) is 12.3 Å². The Labute approximate surface area is 142 Å². The summed E-state index contributed by atoms with van der Waals surface area (Å²) in [5, 5.41) is 4.27. The van der Waals surface area contributed by atoms with Gasteiger partial charge in [0.1, 0.15) is 0 Å². The van der Waals surface area contributed by atoms with Gasteiger partial charge in [0, 0.05) is 29.5 Å². The summed E-state index contributed by atoms with van der Waals surface area (Å²) in [5.41, 5.74) is 2.79. The van der Waals surface area contributed by atoms with Crippen molar-refractivity contribution < 1.29 is 4.79 Å². The van der Waals surface area contributed by atoms with E-state index in [-0.39, 0.29) is 11.7 Å². The van der Waals surface area contributed by atoms with Gasteiger partial charge in [0.15, 0.2) is 0 Å². The molecule has 0 unspecified atom stereocenters. The van der Waals surface area contributed by atoms with Crippen molar-refractivity contribution in [1.82, 2.24) is 24.5 Å². The molecule has 0 aliphatic carbocycles. The first-order chi connectivity index (χ1) is 10.9. The van der Waals surface area contributed by atoms with Crippen LogP contribution in [0, 0.1) is 13.8 Å². The van der Waals surface area contributed by atoms with Gasteiger partial charge < -0.3 is 4.90 Å². The summed E-state index contributed by atoms with van der Waals surface area (Å²) >= 11 is 3.40. The molecule has 0 spiro atoms. The topological polar surface area (TPSA) is 63.4 Å². The number of hydrogen-bond donors (Lipinski definition) is 0. The molecule has 2 aromatic heterocycles. The van der Waals surface area contributed by atoms with Crippen molar-refractivity contribution in [2.45, 2.75) is 20.4 Å². The Morgan fingerprint density at radius 1 is 1.22 bits per heavy atom. The molecule has 118 valence electrons. The summed E-state index contributed by atoms with van der Waals surface area (Å²) in [7, 11) is 1.74. The monoisotopic (exact) mass is 373 g/mol. The first-order valence-electron chi connectivity index (χ1n) is 7.15. The van der Waals surface area contributed by atoms with E-state index in [0.717, 1.165) is 21.4 Å². The lowest BCUT2D eigenvalue weighted by atomic mass is 10.2. The highest BCUT2D eigenvalue weighted by atomic mass is 79.9. The van der Waals surface area contributed by atoms with E-state index < -0.39 is 0 Å². The molecule has 2 heterocycles. The second kappa shape index (κ2) is 6.08. The zero-order valence-electron chi connectivity index (χ0n) is 13.1. The number of aromatic nitrogens is 4. The molecular formula is C16H16BrN5O. The molecule has 0 fully saturated rings. The minimum absolute atomic E-state index is 0.158. The molecule has 0 aliphatic heterocycles. The average Bonchev–Trinajstić information content (AvgIpc) is 2.93. The van der Waals surface area contributed by atoms with Crippen molar-refractivity contribution in [2.75, 3.05) is 7.05 Å². The van der Waals surface area contributed by atoms with Gasteiger partial charge in [-0.25, -0.2) is 9.50 Å². The Kier molecular flexibility index (Phi) is 4.12. The van der Waals surface area contributed by atoms with Crippen LogP contribution in [0.3, 0.4) is 0 Å². The third-order valence-corrected chi connectivity index (χ3v) is 4.02. The number of amides is 1. The highest BCUT2D eigenvalue weighted by Crippen LogP contribution is 2.13. The van der Waals surface area contributed by atoms with Crippen LogP contribution in [0.4, 0.5) is 0 Å². The lowest BCUT2D eigenvalue weighted by Crippen LogP contribution is -2.27. The van der Waals surface area contributed by atoms with Crippen molar-refractivity contribution in [3.8, 4) is 0 Å². The molecule has 0 saturated heterocycles. The molecule has 0 aliphatic rings. The van der Waals surface area contributed by atoms with Crippen molar-refractivity contribution >= 4 is 27.6 Å². The smallest absolute Gasteiger partial charge is 0.293 e. The molecule has 1 aromatic carbocycles. The van der Waals surface area contributed by atoms with Crippen LogP contribution in [0.2, 0.25) is 0 Å². The summed E-state index contributed by atoms with van der Waals surface area (Å²) in [6.07, 6.45) is 0. The van der Waals surface area contributed by atoms with Crippen LogP contribution >= 0.6 is 15.9 Å². The summed E-state index contributed by atoms with van der Waals surface area (Å²) < 4.78 is 2.60. The largest absolute Gasteiger partial charge is 0.335 e. The predicted octanol–water partition coefficient (Wildman–Crippen LogP) is 2.78. The first kappa shape index (κ1) is 15.6. The summed E-state index contributed by atoms with van der Waals surface area (Å²) in [6, 6.07) is 9.75. The number of rotatable bonds is 3. The minimum atomic E-state index is -0.226. The number of halogens is 1. The number of carbonyl (C=O) groups is 1. The summed E-state index contributed by atoms with van der Waals surface area (Å²) in [6.45, 7) is 4.30. The summed E-state index contributed by atoms with van der Waals surface area (Å²) in [5.74, 6) is 0.379. The molecule has 0 saturated carbocycles. The van der Waals surface area contributed by atoms with Crippen molar-refractivity contribution in [3.05, 3.63) is 57.6 Å². The fourth-order valence-electron chi connectivity index (χ4n) is 2.36. The molecular weight excluding hydrogens is 358 g/mol. The van der Waals surface area contributed by atoms with Gasteiger partial charge in [-0.3, -0.25) is 4.79 Å². The van der Waals surface area contributed by atoms with Gasteiger partial charge >= 0.3 is 0 Å². The molecule has 0 bridgehead atoms. The van der Waals surface area contributed by atoms with Crippen LogP contribution in [0.15, 0.2) is 34.8 Å². The molecule has 3 aromatic rings. The number of nitrogens with zero attached hydrogens (tertiary/aromatic N) is 5. The van der Waals surface area contributed by atoms with E-state index in [2.05, 4.69) is 31.0 Å². The summed E-state index contributed by atoms with van der Waals surface area (Å²) in [4.78, 5) is 22.7. The number of hydrogen-bond acceptors (Lipinski definition) is 4. The average molecular weight is 374 g/mol. The van der Waals surface area contributed by atoms with E-state index in [1.165, 1.54) is 0 Å². The molecule has 0 radical (unpaired) electrons. The van der Waals surface area contributed by atoms with Gasteiger partial charge in [-0.15, -0.1) is 5.10 Å². The lowest BCUT2D eigenvalue weighted by molar-refractivity contribution is 0.0773. The highest BCUT2D eigenvalue weighted by molar-refractivity contribution is 9.10. The molecule has 3 rings (SSSR count). The first-order valence-corrected chi connectivity index (χ1v) is 7.94. The Morgan fingerprint density at radius 2 is 1.91 bits per heavy atom. The third-order valence-electron chi connectivity index (χ3n) is 3.49. The van der Waals surface area contributed by atoms with Crippen LogP contribution in [0.25, 0.3) is 5.78 Å². The SMILES string of the molecule is Cc1cc(C)n2nc(C(=O)N(C)Cc3ccc(Br)cc3)nc2n1. The van der Waals surface area contributed by atoms with Gasteiger partial charge in [-0.1, -0.05) is 28.1 Å². The number of fused-ring (bicyclic) bond motifs is 1. The zero-order chi connectivity index (χ0) is 16.6. The van der Waals surface area contributed by atoms with Gasteiger partial charge in [-0.2, -0.15) is 4.98 Å². The van der Waals surface area contributed by atoms with Crippen LogP contribution in [0.1, 0.15) is 27.6 Å². The maximum absolute atomic E-state index is 12.5. The molecule has 23 heavy (non-hydrogen) atoms. The second-order valence-electron chi connectivity index (χ2n) is 5.47. The van der Waals surface area contributed by atoms with Crippen LogP contribution in [0.5, 0.6) is 0 Å². The van der Waals surface area contributed by atoms with E-state index in [1.54, 1.807) is 16.5 Å². The minimum Gasteiger partial charge on any atom is -0.335 e. The number of aryl methyl sites for hydroxylation is 2. The van der Waals surface area contributed by atoms with Gasteiger partial charge in [-0.05, 0) is 37.6 Å². The van der Waals surface area contributed by atoms with Crippen molar-refractivity contribution in [3.63, 3.8) is 0 Å². The normalized spacial score (nSPS) is 11.0. The van der Waals surface area contributed by atoms with Crippen LogP contribution < -0.4 is 0 Å². The number of carbonyl (C=O) groups excluding carboxylic acids is 1. The number of benzene rings is 1. The Morgan fingerprint density at radius 3 is 2.61 bits per heavy atom. The Bertz CT molecular complexity index is 872. The maximum Gasteiger partial charge on any atom is 0.293 e. The quantitative estimate of drug-likeness (QED) is 0.707. The van der Waals surface area contributed by atoms with E-state index in [4.69, 9.17) is 0 Å². The fraction of sp³-hybridized carbons (Fsp3) is 0.250. The third kappa shape index (κ3) is 3.24. The van der Waals surface area contributed by atoms with Crippen molar-refractivity contribution in [2.24, 2.45) is 0 Å². The van der Waals surface area contributed by atoms with Crippen LogP contribution in [-0.2, 0) is 6.54 Å². The van der Waals surface area contributed by atoms with Gasteiger partial charge in [0.25, 0.3) is 11.7 Å². The predicted molar refractivity (Wildman–Crippen MR) is 90.2 cm³/mol. The van der Waals surface area contributed by atoms with E-state index >= 15 is 0 Å². The molecule has 7 heteroatoms. The van der Waals surface area contributed by atoms with E-state index in [1.807, 2.05) is 44.2 Å². The molecule has 0 N–H and O–H groups in total. The molecule has 6 nitrogen and oxygen atoms in total. The molecule has 1 amide bonds. The maximum atomic E-state index is 12.5. The zero-order valence-corrected chi connectivity index (χ0v) is 14.7. The second-order valence-corrected chi connectivity index (χ2v) is 6.39. The Hall–Kier alpha value is -2.28. The van der Waals surface area contributed by atoms with E-state index in [9.17, 15) is 4.79 Å². The van der Waals surface area contributed by atoms with Crippen LogP contribution in [-0.4, -0.2) is 37.4 Å². The highest BCUT2D eigenvalue weighted by Gasteiger charge is 2.19. The standard InChI is InChI=1S/C16H16BrN5O/c1-10-8-11(2)22-16(18-10)19-14(20-22)15(23)21(3)9-12-4-6-13(17)7-5-12/h4-8H,9H2,1-3H3. The lowest BCUT2D eigenvalue weighted by Gasteiger charge is -2.15. The van der Waals surface area contributed by atoms with Gasteiger partial charge in [0.2, 0.25) is 5.82 Å². The Balaban J connectivity index is 1.84. The molecule has 0 atom stereocenters.